The van der Waals surface area contributed by atoms with Crippen LogP contribution in [0.15, 0.2) is 72.8 Å². The molecule has 1 atom stereocenters. The van der Waals surface area contributed by atoms with Gasteiger partial charge in [0.1, 0.15) is 0 Å². The Kier molecular flexibility index (Phi) is 7.10. The van der Waals surface area contributed by atoms with Gasteiger partial charge in [-0.05, 0) is 23.1 Å². The van der Waals surface area contributed by atoms with E-state index in [0.29, 0.717) is 29.7 Å². The maximum absolute atomic E-state index is 5.73. The van der Waals surface area contributed by atoms with E-state index in [4.69, 9.17) is 19.2 Å². The van der Waals surface area contributed by atoms with Gasteiger partial charge in [0.15, 0.2) is 11.5 Å². The quantitative estimate of drug-likeness (QED) is 0.354. The van der Waals surface area contributed by atoms with E-state index >= 15 is 0 Å². The fourth-order valence-electron chi connectivity index (χ4n) is 4.14. The Morgan fingerprint density at radius 3 is 2.12 bits per heavy atom. The van der Waals surface area contributed by atoms with Crippen LogP contribution in [0.25, 0.3) is 22.2 Å². The number of hydrogen-bond donors (Lipinski definition) is 1. The van der Waals surface area contributed by atoms with Gasteiger partial charge in [-0.1, -0.05) is 67.6 Å². The predicted octanol–water partition coefficient (Wildman–Crippen LogP) is 5.82. The molecule has 0 fully saturated rings. The van der Waals surface area contributed by atoms with E-state index < -0.39 is 0 Å². The van der Waals surface area contributed by atoms with Gasteiger partial charge in [-0.3, -0.25) is 0 Å². The van der Waals surface area contributed by atoms with Gasteiger partial charge in [-0.2, -0.15) is 0 Å². The minimum absolute atomic E-state index is 0.402. The monoisotopic (exact) mass is 442 g/mol. The summed E-state index contributed by atoms with van der Waals surface area (Å²) >= 11 is 0. The second kappa shape index (κ2) is 10.4. The summed E-state index contributed by atoms with van der Waals surface area (Å²) in [5.74, 6) is 2.19. The van der Waals surface area contributed by atoms with Crippen molar-refractivity contribution in [3.05, 3.63) is 83.9 Å². The summed E-state index contributed by atoms with van der Waals surface area (Å²) in [4.78, 5) is 5.04. The van der Waals surface area contributed by atoms with Crippen LogP contribution < -0.4 is 19.5 Å². The lowest BCUT2D eigenvalue weighted by molar-refractivity contribution is 0.327. The Morgan fingerprint density at radius 1 is 0.818 bits per heavy atom. The second-order valence-corrected chi connectivity index (χ2v) is 8.02. The van der Waals surface area contributed by atoms with Crippen molar-refractivity contribution in [2.75, 3.05) is 27.9 Å². The summed E-state index contributed by atoms with van der Waals surface area (Å²) in [5.41, 5.74) is 5.23. The molecular formula is C28H30N2O3. The minimum atomic E-state index is 0.402. The van der Waals surface area contributed by atoms with Crippen LogP contribution in [0.3, 0.4) is 0 Å². The molecule has 0 bridgehead atoms. The fourth-order valence-corrected chi connectivity index (χ4v) is 4.14. The van der Waals surface area contributed by atoms with E-state index in [9.17, 15) is 0 Å². The molecule has 1 aromatic heterocycles. The van der Waals surface area contributed by atoms with Gasteiger partial charge in [-0.25, -0.2) is 4.98 Å². The molecule has 0 spiro atoms. The molecule has 0 radical (unpaired) electrons. The molecule has 0 aliphatic carbocycles. The Bertz CT molecular complexity index is 1210. The number of nitrogens with one attached hydrogen (secondary N) is 1. The second-order valence-electron chi connectivity index (χ2n) is 8.02. The number of rotatable bonds is 9. The van der Waals surface area contributed by atoms with Crippen LogP contribution in [0.5, 0.6) is 17.2 Å². The third-order valence-corrected chi connectivity index (χ3v) is 5.88. The number of fused-ring (bicyclic) bond motifs is 1. The van der Waals surface area contributed by atoms with Gasteiger partial charge in [0.05, 0.1) is 32.5 Å². The van der Waals surface area contributed by atoms with E-state index in [-0.39, 0.29) is 0 Å². The standard InChI is InChI=1S/C28H30N2O3/c1-19(20-11-7-5-8-12-20)17-29-18-22-15-23-24(30-26(22)21-13-9-6-10-14-21)16-25(31-2)28(33-4)27(23)32-3/h5-16,19,29H,17-18H2,1-4H3/t19-/m0/s1. The molecule has 0 aliphatic heterocycles. The van der Waals surface area contributed by atoms with Crippen molar-refractivity contribution in [2.24, 2.45) is 0 Å². The first-order valence-electron chi connectivity index (χ1n) is 11.1. The molecule has 33 heavy (non-hydrogen) atoms. The smallest absolute Gasteiger partial charge is 0.204 e. The van der Waals surface area contributed by atoms with E-state index in [0.717, 1.165) is 34.3 Å². The van der Waals surface area contributed by atoms with Gasteiger partial charge in [-0.15, -0.1) is 0 Å². The lowest BCUT2D eigenvalue weighted by Gasteiger charge is -2.18. The molecule has 5 heteroatoms. The predicted molar refractivity (Wildman–Crippen MR) is 133 cm³/mol. The number of pyridine rings is 1. The molecule has 0 amide bonds. The van der Waals surface area contributed by atoms with Crippen LogP contribution in [0, 0.1) is 0 Å². The molecule has 5 nitrogen and oxygen atoms in total. The zero-order chi connectivity index (χ0) is 23.2. The Labute approximate surface area is 195 Å². The van der Waals surface area contributed by atoms with E-state index in [1.54, 1.807) is 21.3 Å². The lowest BCUT2D eigenvalue weighted by atomic mass is 10.00. The third-order valence-electron chi connectivity index (χ3n) is 5.88. The molecule has 1 heterocycles. The molecular weight excluding hydrogens is 412 g/mol. The van der Waals surface area contributed by atoms with Crippen LogP contribution in [0.1, 0.15) is 24.0 Å². The Balaban J connectivity index is 1.74. The number of methoxy groups -OCH3 is 3. The highest BCUT2D eigenvalue weighted by Crippen LogP contribution is 2.44. The molecule has 0 saturated heterocycles. The zero-order valence-electron chi connectivity index (χ0n) is 19.6. The number of benzene rings is 3. The molecule has 0 unspecified atom stereocenters. The van der Waals surface area contributed by atoms with Crippen molar-refractivity contribution >= 4 is 10.9 Å². The number of aromatic nitrogens is 1. The maximum atomic E-state index is 5.73. The highest BCUT2D eigenvalue weighted by molar-refractivity contribution is 5.93. The van der Waals surface area contributed by atoms with Crippen molar-refractivity contribution in [1.82, 2.24) is 10.3 Å². The number of hydrogen-bond acceptors (Lipinski definition) is 5. The van der Waals surface area contributed by atoms with Crippen molar-refractivity contribution < 1.29 is 14.2 Å². The van der Waals surface area contributed by atoms with Gasteiger partial charge in [0.25, 0.3) is 0 Å². The molecule has 4 rings (SSSR count). The Hall–Kier alpha value is -3.57. The van der Waals surface area contributed by atoms with Crippen molar-refractivity contribution in [3.8, 4) is 28.5 Å². The average molecular weight is 443 g/mol. The first-order valence-corrected chi connectivity index (χ1v) is 11.1. The summed E-state index contributed by atoms with van der Waals surface area (Å²) in [6.07, 6.45) is 0. The first kappa shape index (κ1) is 22.6. The largest absolute Gasteiger partial charge is 0.493 e. The van der Waals surface area contributed by atoms with Gasteiger partial charge in [0.2, 0.25) is 5.75 Å². The summed E-state index contributed by atoms with van der Waals surface area (Å²) in [6, 6.07) is 24.9. The number of ether oxygens (including phenoxy) is 3. The van der Waals surface area contributed by atoms with E-state index in [1.807, 2.05) is 30.3 Å². The van der Waals surface area contributed by atoms with Crippen molar-refractivity contribution in [2.45, 2.75) is 19.4 Å². The maximum Gasteiger partial charge on any atom is 0.204 e. The molecule has 170 valence electrons. The van der Waals surface area contributed by atoms with Crippen LogP contribution >= 0.6 is 0 Å². The normalized spacial score (nSPS) is 11.9. The lowest BCUT2D eigenvalue weighted by Crippen LogP contribution is -2.20. The molecule has 0 saturated carbocycles. The molecule has 0 aliphatic rings. The molecule has 1 N–H and O–H groups in total. The van der Waals surface area contributed by atoms with Gasteiger partial charge in [0, 0.05) is 30.1 Å². The van der Waals surface area contributed by atoms with Gasteiger partial charge >= 0.3 is 0 Å². The average Bonchev–Trinajstić information content (AvgIpc) is 2.88. The van der Waals surface area contributed by atoms with Crippen LogP contribution in [0.4, 0.5) is 0 Å². The highest BCUT2D eigenvalue weighted by Gasteiger charge is 2.19. The van der Waals surface area contributed by atoms with Crippen LogP contribution in [-0.2, 0) is 6.54 Å². The zero-order valence-corrected chi connectivity index (χ0v) is 19.6. The van der Waals surface area contributed by atoms with E-state index in [1.165, 1.54) is 5.56 Å². The topological polar surface area (TPSA) is 52.6 Å². The Morgan fingerprint density at radius 2 is 1.48 bits per heavy atom. The van der Waals surface area contributed by atoms with E-state index in [2.05, 4.69) is 54.7 Å². The van der Waals surface area contributed by atoms with Crippen molar-refractivity contribution in [1.29, 1.82) is 0 Å². The summed E-state index contributed by atoms with van der Waals surface area (Å²) in [5, 5.41) is 4.52. The molecule has 3 aromatic carbocycles. The summed E-state index contributed by atoms with van der Waals surface area (Å²) in [7, 11) is 4.88. The summed E-state index contributed by atoms with van der Waals surface area (Å²) < 4.78 is 16.9. The summed E-state index contributed by atoms with van der Waals surface area (Å²) in [6.45, 7) is 3.78. The first-order chi connectivity index (χ1) is 16.2. The fraction of sp³-hybridized carbons (Fsp3) is 0.250. The van der Waals surface area contributed by atoms with Crippen LogP contribution in [-0.4, -0.2) is 32.9 Å². The highest BCUT2D eigenvalue weighted by atomic mass is 16.5. The van der Waals surface area contributed by atoms with Crippen LogP contribution in [0.2, 0.25) is 0 Å². The molecule has 4 aromatic rings. The third kappa shape index (κ3) is 4.78. The SMILES string of the molecule is COc1cc2nc(-c3ccccc3)c(CNC[C@H](C)c3ccccc3)cc2c(OC)c1OC. The van der Waals surface area contributed by atoms with Crippen molar-refractivity contribution in [3.63, 3.8) is 0 Å². The van der Waals surface area contributed by atoms with Gasteiger partial charge < -0.3 is 19.5 Å². The minimum Gasteiger partial charge on any atom is -0.493 e. The number of nitrogens with zero attached hydrogens (tertiary/aromatic N) is 1.